The summed E-state index contributed by atoms with van der Waals surface area (Å²) in [7, 11) is 0. The molecule has 0 spiro atoms. The Morgan fingerprint density at radius 3 is 2.40 bits per heavy atom. The third-order valence-electron chi connectivity index (χ3n) is 3.01. The zero-order chi connectivity index (χ0) is 15.2. The molecule has 0 saturated carbocycles. The number of nitriles is 1. The zero-order valence-corrected chi connectivity index (χ0v) is 12.2. The molecule has 1 rings (SSSR count). The average Bonchev–Trinajstić information content (AvgIpc) is 2.38. The largest absolute Gasteiger partial charge is 0.326 e. The molecule has 0 radical (unpaired) electrons. The Kier molecular flexibility index (Phi) is 5.11. The van der Waals surface area contributed by atoms with Gasteiger partial charge in [0.2, 0.25) is 5.96 Å². The van der Waals surface area contributed by atoms with E-state index in [-0.39, 0.29) is 11.5 Å². The normalized spacial score (nSPS) is 13.0. The number of guanidine groups is 1. The number of aliphatic imine (C=N–C) groups is 1. The predicted molar refractivity (Wildman–Crippen MR) is 81.4 cm³/mol. The molecule has 20 heavy (non-hydrogen) atoms. The van der Waals surface area contributed by atoms with E-state index in [1.165, 1.54) is 0 Å². The Labute approximate surface area is 120 Å². The summed E-state index contributed by atoms with van der Waals surface area (Å²) in [6, 6.07) is 7.04. The Balaban J connectivity index is 2.90. The first-order chi connectivity index (χ1) is 9.36. The van der Waals surface area contributed by atoms with E-state index < -0.39 is 0 Å². The minimum Gasteiger partial charge on any atom is -0.326 e. The fourth-order valence-electron chi connectivity index (χ4n) is 1.29. The zero-order valence-electron chi connectivity index (χ0n) is 12.2. The van der Waals surface area contributed by atoms with Crippen LogP contribution in [0.15, 0.2) is 29.3 Å². The van der Waals surface area contributed by atoms with Gasteiger partial charge in [-0.1, -0.05) is 32.9 Å². The lowest BCUT2D eigenvalue weighted by molar-refractivity contribution is 0.341. The van der Waals surface area contributed by atoms with E-state index in [4.69, 9.17) is 11.8 Å². The SMILES string of the molecule is [C-]#[N+]c1ccc(NC(=N[C@@H](C)C(C)(C)C)NC#N)cc1. The Hall–Kier alpha value is -2.53. The quantitative estimate of drug-likeness (QED) is 0.284. The van der Waals surface area contributed by atoms with Crippen LogP contribution in [0.2, 0.25) is 0 Å². The van der Waals surface area contributed by atoms with E-state index in [0.717, 1.165) is 5.69 Å². The van der Waals surface area contributed by atoms with Crippen molar-refractivity contribution in [3.63, 3.8) is 0 Å². The minimum absolute atomic E-state index is 0.0119. The van der Waals surface area contributed by atoms with Crippen molar-refractivity contribution in [2.24, 2.45) is 10.4 Å². The minimum atomic E-state index is 0.0119. The van der Waals surface area contributed by atoms with Crippen LogP contribution in [0.1, 0.15) is 27.7 Å². The lowest BCUT2D eigenvalue weighted by Crippen LogP contribution is -2.31. The van der Waals surface area contributed by atoms with Crippen LogP contribution in [0.25, 0.3) is 4.85 Å². The van der Waals surface area contributed by atoms with E-state index in [0.29, 0.717) is 11.6 Å². The highest BCUT2D eigenvalue weighted by molar-refractivity contribution is 5.94. The highest BCUT2D eigenvalue weighted by Gasteiger charge is 2.19. The number of nitrogens with zero attached hydrogens (tertiary/aromatic N) is 3. The van der Waals surface area contributed by atoms with Crippen molar-refractivity contribution in [2.75, 3.05) is 5.32 Å². The van der Waals surface area contributed by atoms with Gasteiger partial charge in [0, 0.05) is 5.69 Å². The van der Waals surface area contributed by atoms with Crippen molar-refractivity contribution >= 4 is 17.3 Å². The molecule has 0 saturated heterocycles. The van der Waals surface area contributed by atoms with Gasteiger partial charge in [0.25, 0.3) is 0 Å². The predicted octanol–water partition coefficient (Wildman–Crippen LogP) is 3.51. The monoisotopic (exact) mass is 269 g/mol. The molecule has 0 amide bonds. The molecule has 1 atom stereocenters. The molecule has 5 heteroatoms. The van der Waals surface area contributed by atoms with Gasteiger partial charge in [-0.25, -0.2) is 9.84 Å². The summed E-state index contributed by atoms with van der Waals surface area (Å²) in [5.41, 5.74) is 1.36. The van der Waals surface area contributed by atoms with E-state index in [2.05, 4.69) is 41.2 Å². The molecule has 0 aromatic heterocycles. The standard InChI is InChI=1S/C15H19N5/c1-11(15(2,3)4)19-14(18-10-16)20-13-8-6-12(17-5)7-9-13/h6-9,11H,1-4H3,(H2,18,19,20)/t11-/m0/s1. The van der Waals surface area contributed by atoms with Gasteiger partial charge in [-0.3, -0.25) is 5.32 Å². The number of nitrogens with one attached hydrogen (secondary N) is 2. The number of hydrogen-bond donors (Lipinski definition) is 2. The number of benzene rings is 1. The molecule has 1 aromatic carbocycles. The van der Waals surface area contributed by atoms with Gasteiger partial charge in [-0.15, -0.1) is 0 Å². The van der Waals surface area contributed by atoms with Crippen LogP contribution in [0.3, 0.4) is 0 Å². The Bertz CT molecular complexity index is 552. The highest BCUT2D eigenvalue weighted by atomic mass is 15.2. The van der Waals surface area contributed by atoms with Crippen LogP contribution in [0.4, 0.5) is 11.4 Å². The van der Waals surface area contributed by atoms with Crippen molar-refractivity contribution in [1.82, 2.24) is 5.32 Å². The fourth-order valence-corrected chi connectivity index (χ4v) is 1.29. The molecule has 0 unspecified atom stereocenters. The average molecular weight is 269 g/mol. The summed E-state index contributed by atoms with van der Waals surface area (Å²) >= 11 is 0. The van der Waals surface area contributed by atoms with E-state index in [1.54, 1.807) is 24.3 Å². The van der Waals surface area contributed by atoms with Gasteiger partial charge in [-0.05, 0) is 24.5 Å². The van der Waals surface area contributed by atoms with Crippen LogP contribution in [-0.4, -0.2) is 12.0 Å². The molecule has 0 aliphatic rings. The molecule has 104 valence electrons. The number of anilines is 1. The second kappa shape index (κ2) is 6.58. The summed E-state index contributed by atoms with van der Waals surface area (Å²) in [6.07, 6.45) is 1.88. The molecule has 0 heterocycles. The maximum absolute atomic E-state index is 8.79. The van der Waals surface area contributed by atoms with Crippen molar-refractivity contribution in [3.05, 3.63) is 35.7 Å². The van der Waals surface area contributed by atoms with Gasteiger partial charge >= 0.3 is 0 Å². The smallest absolute Gasteiger partial charge is 0.209 e. The number of rotatable bonds is 2. The van der Waals surface area contributed by atoms with Gasteiger partial charge in [-0.2, -0.15) is 5.26 Å². The maximum Gasteiger partial charge on any atom is 0.209 e. The van der Waals surface area contributed by atoms with E-state index >= 15 is 0 Å². The molecule has 0 aliphatic heterocycles. The summed E-state index contributed by atoms with van der Waals surface area (Å²) in [5, 5.41) is 14.4. The van der Waals surface area contributed by atoms with Crippen molar-refractivity contribution in [1.29, 1.82) is 5.26 Å². The summed E-state index contributed by atoms with van der Waals surface area (Å²) in [4.78, 5) is 7.82. The lowest BCUT2D eigenvalue weighted by Gasteiger charge is -2.24. The summed E-state index contributed by atoms with van der Waals surface area (Å²) in [6.45, 7) is 15.2. The Morgan fingerprint density at radius 1 is 1.35 bits per heavy atom. The molecule has 5 nitrogen and oxygen atoms in total. The van der Waals surface area contributed by atoms with Crippen LogP contribution >= 0.6 is 0 Å². The van der Waals surface area contributed by atoms with Crippen LogP contribution < -0.4 is 10.6 Å². The molecular weight excluding hydrogens is 250 g/mol. The third kappa shape index (κ3) is 4.62. The number of hydrogen-bond acceptors (Lipinski definition) is 2. The van der Waals surface area contributed by atoms with Crippen LogP contribution in [-0.2, 0) is 0 Å². The van der Waals surface area contributed by atoms with E-state index in [1.807, 2.05) is 13.1 Å². The first kappa shape index (κ1) is 15.5. The van der Waals surface area contributed by atoms with Crippen molar-refractivity contribution in [3.8, 4) is 6.19 Å². The van der Waals surface area contributed by atoms with E-state index in [9.17, 15) is 0 Å². The lowest BCUT2D eigenvalue weighted by atomic mass is 9.88. The van der Waals surface area contributed by atoms with Crippen LogP contribution in [0.5, 0.6) is 0 Å². The molecule has 0 fully saturated rings. The van der Waals surface area contributed by atoms with Gasteiger partial charge in [0.05, 0.1) is 12.6 Å². The van der Waals surface area contributed by atoms with Crippen molar-refractivity contribution < 1.29 is 0 Å². The Morgan fingerprint density at radius 2 is 1.95 bits per heavy atom. The fraction of sp³-hybridized carbons (Fsp3) is 0.400. The first-order valence-electron chi connectivity index (χ1n) is 6.34. The molecule has 0 bridgehead atoms. The maximum atomic E-state index is 8.79. The first-order valence-corrected chi connectivity index (χ1v) is 6.34. The molecular formula is C15H19N5. The third-order valence-corrected chi connectivity index (χ3v) is 3.01. The summed E-state index contributed by atoms with van der Waals surface area (Å²) in [5.74, 6) is 0.408. The second-order valence-corrected chi connectivity index (χ2v) is 5.54. The topological polar surface area (TPSA) is 64.6 Å². The summed E-state index contributed by atoms with van der Waals surface area (Å²) < 4.78 is 0. The molecule has 2 N–H and O–H groups in total. The van der Waals surface area contributed by atoms with Gasteiger partial charge < -0.3 is 5.32 Å². The van der Waals surface area contributed by atoms with Gasteiger partial charge in [0.1, 0.15) is 0 Å². The van der Waals surface area contributed by atoms with Gasteiger partial charge in [0.15, 0.2) is 11.9 Å². The van der Waals surface area contributed by atoms with Crippen LogP contribution in [0, 0.1) is 23.4 Å². The molecule has 1 aromatic rings. The second-order valence-electron chi connectivity index (χ2n) is 5.54. The molecule has 0 aliphatic carbocycles. The highest BCUT2D eigenvalue weighted by Crippen LogP contribution is 2.22. The van der Waals surface area contributed by atoms with Crippen molar-refractivity contribution in [2.45, 2.75) is 33.7 Å².